The molecule has 0 radical (unpaired) electrons. The van der Waals surface area contributed by atoms with Crippen molar-refractivity contribution < 1.29 is 9.53 Å². The van der Waals surface area contributed by atoms with Crippen LogP contribution < -0.4 is 0 Å². The first-order chi connectivity index (χ1) is 15.4. The summed E-state index contributed by atoms with van der Waals surface area (Å²) in [4.78, 5) is 23.2. The summed E-state index contributed by atoms with van der Waals surface area (Å²) < 4.78 is 7.93. The zero-order valence-electron chi connectivity index (χ0n) is 17.8. The molecule has 0 N–H and O–H groups in total. The topological polar surface area (TPSA) is 100 Å². The number of rotatable bonds is 6. The van der Waals surface area contributed by atoms with E-state index < -0.39 is 5.60 Å². The summed E-state index contributed by atoms with van der Waals surface area (Å²) in [6, 6.07) is 3.66. The van der Waals surface area contributed by atoms with E-state index in [0.29, 0.717) is 17.4 Å². The average molecular weight is 452 g/mol. The number of aromatic nitrogens is 7. The average Bonchev–Trinajstić information content (AvgIpc) is 3.49. The lowest BCUT2D eigenvalue weighted by Gasteiger charge is -2.26. The fourth-order valence-electron chi connectivity index (χ4n) is 4.28. The maximum Gasteiger partial charge on any atom is 0.193 e. The second-order valence-corrected chi connectivity index (χ2v) is 8.64. The number of carbonyl (C=O) groups is 1. The Morgan fingerprint density at radius 2 is 2.00 bits per heavy atom. The molecule has 1 unspecified atom stereocenters. The van der Waals surface area contributed by atoms with Gasteiger partial charge in [-0.05, 0) is 38.3 Å². The van der Waals surface area contributed by atoms with Crippen molar-refractivity contribution in [2.24, 2.45) is 0 Å². The van der Waals surface area contributed by atoms with Crippen LogP contribution in [-0.2, 0) is 28.0 Å². The van der Waals surface area contributed by atoms with E-state index in [2.05, 4.69) is 32.2 Å². The van der Waals surface area contributed by atoms with Crippen LogP contribution in [0.5, 0.6) is 0 Å². The highest BCUT2D eigenvalue weighted by molar-refractivity contribution is 6.32. The van der Waals surface area contributed by atoms with E-state index in [-0.39, 0.29) is 18.6 Å². The van der Waals surface area contributed by atoms with E-state index in [9.17, 15) is 4.79 Å². The molecule has 1 aliphatic heterocycles. The molecule has 0 saturated carbocycles. The van der Waals surface area contributed by atoms with Gasteiger partial charge >= 0.3 is 0 Å². The van der Waals surface area contributed by atoms with E-state index in [4.69, 9.17) is 16.3 Å². The molecule has 1 atom stereocenters. The molecular weight excluding hydrogens is 430 g/mol. The molecule has 164 valence electrons. The first-order valence-corrected chi connectivity index (χ1v) is 10.8. The van der Waals surface area contributed by atoms with Crippen LogP contribution in [0.2, 0.25) is 5.02 Å². The molecule has 0 amide bonds. The lowest BCUT2D eigenvalue weighted by atomic mass is 9.92. The molecule has 0 aliphatic carbocycles. The van der Waals surface area contributed by atoms with Crippen LogP contribution in [0.25, 0.3) is 11.5 Å². The van der Waals surface area contributed by atoms with Gasteiger partial charge in [0.1, 0.15) is 11.4 Å². The first kappa shape index (κ1) is 20.7. The molecule has 9 nitrogen and oxygen atoms in total. The van der Waals surface area contributed by atoms with Crippen molar-refractivity contribution in [1.82, 2.24) is 34.6 Å². The molecule has 4 aromatic rings. The number of ether oxygens (including phenoxy) is 1. The Bertz CT molecular complexity index is 1290. The fourth-order valence-corrected chi connectivity index (χ4v) is 4.55. The highest BCUT2D eigenvalue weighted by atomic mass is 35.5. The number of hydrogen-bond acceptors (Lipinski definition) is 7. The SMILES string of the molecule is Cc1cc2ncc(CC(=O)Cc3cnc(-n4nccn4)c(Cl)c3)c(C3(C)CCCO3)n2n1. The highest BCUT2D eigenvalue weighted by Crippen LogP contribution is 2.37. The Morgan fingerprint density at radius 1 is 1.19 bits per heavy atom. The quantitative estimate of drug-likeness (QED) is 0.444. The highest BCUT2D eigenvalue weighted by Gasteiger charge is 2.37. The van der Waals surface area contributed by atoms with Gasteiger partial charge in [0, 0.05) is 43.5 Å². The van der Waals surface area contributed by atoms with Crippen LogP contribution in [0.4, 0.5) is 0 Å². The van der Waals surface area contributed by atoms with E-state index >= 15 is 0 Å². The third kappa shape index (κ3) is 3.78. The molecule has 0 aromatic carbocycles. The van der Waals surface area contributed by atoms with Crippen molar-refractivity contribution in [2.75, 3.05) is 6.61 Å². The van der Waals surface area contributed by atoms with Gasteiger partial charge in [0.2, 0.25) is 0 Å². The third-order valence-corrected chi connectivity index (χ3v) is 5.95. The summed E-state index contributed by atoms with van der Waals surface area (Å²) in [5.41, 5.74) is 3.58. The van der Waals surface area contributed by atoms with Gasteiger partial charge in [-0.2, -0.15) is 15.3 Å². The smallest absolute Gasteiger partial charge is 0.193 e. The van der Waals surface area contributed by atoms with Gasteiger partial charge in [-0.1, -0.05) is 11.6 Å². The molecule has 1 fully saturated rings. The number of nitrogens with zero attached hydrogens (tertiary/aromatic N) is 7. The van der Waals surface area contributed by atoms with Gasteiger partial charge in [0.05, 0.1) is 28.8 Å². The van der Waals surface area contributed by atoms with Gasteiger partial charge in [0.25, 0.3) is 0 Å². The Morgan fingerprint density at radius 3 is 2.72 bits per heavy atom. The third-order valence-electron chi connectivity index (χ3n) is 5.68. The van der Waals surface area contributed by atoms with Crippen LogP contribution >= 0.6 is 11.6 Å². The second-order valence-electron chi connectivity index (χ2n) is 8.23. The van der Waals surface area contributed by atoms with Gasteiger partial charge in [-0.3, -0.25) is 4.79 Å². The molecule has 1 saturated heterocycles. The number of ketones is 1. The summed E-state index contributed by atoms with van der Waals surface area (Å²) in [5.74, 6) is 0.450. The minimum Gasteiger partial charge on any atom is -0.369 e. The monoisotopic (exact) mass is 451 g/mol. The number of aryl methyl sites for hydroxylation is 1. The molecule has 10 heteroatoms. The zero-order valence-corrected chi connectivity index (χ0v) is 18.6. The van der Waals surface area contributed by atoms with Gasteiger partial charge in [-0.15, -0.1) is 4.80 Å². The van der Waals surface area contributed by atoms with Gasteiger partial charge in [-0.25, -0.2) is 14.5 Å². The first-order valence-electron chi connectivity index (χ1n) is 10.4. The molecule has 0 spiro atoms. The summed E-state index contributed by atoms with van der Waals surface area (Å²) in [6.45, 7) is 4.68. The van der Waals surface area contributed by atoms with Gasteiger partial charge in [0.15, 0.2) is 11.5 Å². The summed E-state index contributed by atoms with van der Waals surface area (Å²) >= 11 is 6.35. The van der Waals surface area contributed by atoms with Crippen molar-refractivity contribution in [3.63, 3.8) is 0 Å². The normalized spacial score (nSPS) is 18.5. The largest absolute Gasteiger partial charge is 0.369 e. The van der Waals surface area contributed by atoms with Gasteiger partial charge < -0.3 is 4.74 Å². The van der Waals surface area contributed by atoms with Crippen molar-refractivity contribution >= 4 is 23.0 Å². The van der Waals surface area contributed by atoms with Crippen LogP contribution in [0.15, 0.2) is 36.9 Å². The van der Waals surface area contributed by atoms with Crippen molar-refractivity contribution in [3.8, 4) is 5.82 Å². The molecule has 32 heavy (non-hydrogen) atoms. The maximum absolute atomic E-state index is 13.0. The molecule has 1 aliphatic rings. The van der Waals surface area contributed by atoms with Crippen molar-refractivity contribution in [3.05, 3.63) is 64.5 Å². The van der Waals surface area contributed by atoms with Crippen molar-refractivity contribution in [2.45, 2.75) is 45.1 Å². The van der Waals surface area contributed by atoms with E-state index in [1.165, 1.54) is 4.80 Å². The number of hydrogen-bond donors (Lipinski definition) is 0. The van der Waals surface area contributed by atoms with Crippen molar-refractivity contribution in [1.29, 1.82) is 0 Å². The number of carbonyl (C=O) groups excluding carboxylic acids is 1. The number of halogens is 1. The van der Waals surface area contributed by atoms with E-state index in [0.717, 1.165) is 41.0 Å². The molecule has 5 rings (SSSR count). The lowest BCUT2D eigenvalue weighted by molar-refractivity contribution is -0.117. The Kier molecular flexibility index (Phi) is 5.22. The van der Waals surface area contributed by atoms with Crippen LogP contribution in [0.1, 0.15) is 42.3 Å². The standard InChI is InChI=1S/C22H22ClN7O2/c1-14-8-19-24-13-16(20(29(19)28-14)22(2)4-3-7-32-22)11-17(31)9-15-10-18(23)21(25-12-15)30-26-5-6-27-30/h5-6,8,10,12-13H,3-4,7,9,11H2,1-2H3. The predicted octanol–water partition coefficient (Wildman–Crippen LogP) is 3.05. The number of Topliss-reactive ketones (excluding diaryl/α,β-unsaturated/α-hetero) is 1. The summed E-state index contributed by atoms with van der Waals surface area (Å²) in [7, 11) is 0. The second kappa shape index (κ2) is 8.07. The molecule has 5 heterocycles. The lowest BCUT2D eigenvalue weighted by Crippen LogP contribution is -2.27. The Hall–Kier alpha value is -3.17. The van der Waals surface area contributed by atoms with Crippen LogP contribution in [-0.4, -0.2) is 47.0 Å². The minimum atomic E-state index is -0.501. The fraction of sp³-hybridized carbons (Fsp3) is 0.364. The molecule has 4 aromatic heterocycles. The van der Waals surface area contributed by atoms with E-state index in [1.807, 2.05) is 17.5 Å². The molecule has 0 bridgehead atoms. The Labute approximate surface area is 189 Å². The maximum atomic E-state index is 13.0. The van der Waals surface area contributed by atoms with Crippen LogP contribution in [0, 0.1) is 6.92 Å². The Balaban J connectivity index is 1.42. The molecular formula is C22H22ClN7O2. The minimum absolute atomic E-state index is 0.0284. The zero-order chi connectivity index (χ0) is 22.3. The van der Waals surface area contributed by atoms with E-state index in [1.54, 1.807) is 30.9 Å². The number of fused-ring (bicyclic) bond motifs is 1. The summed E-state index contributed by atoms with van der Waals surface area (Å²) in [5, 5.41) is 13.1. The van der Waals surface area contributed by atoms with Crippen LogP contribution in [0.3, 0.4) is 0 Å². The summed E-state index contributed by atoms with van der Waals surface area (Å²) in [6.07, 6.45) is 8.76. The number of pyridine rings is 1. The predicted molar refractivity (Wildman–Crippen MR) is 117 cm³/mol.